The fraction of sp³-hybridized carbons (Fsp3) is 0.286. The Morgan fingerprint density at radius 1 is 1.20 bits per heavy atom. The molecular weight excluding hydrogens is 386 g/mol. The van der Waals surface area contributed by atoms with Crippen LogP contribution in [0, 0.1) is 0 Å². The molecule has 156 valence electrons. The summed E-state index contributed by atoms with van der Waals surface area (Å²) in [6.45, 7) is -0.198. The quantitative estimate of drug-likeness (QED) is 0.755. The summed E-state index contributed by atoms with van der Waals surface area (Å²) in [6.07, 6.45) is 2.14. The van der Waals surface area contributed by atoms with Crippen molar-refractivity contribution in [1.29, 1.82) is 0 Å². The first-order valence-electron chi connectivity index (χ1n) is 9.56. The number of ether oxygens (including phenoxy) is 2. The number of hydrogen-bond acceptors (Lipinski definition) is 7. The second-order valence-corrected chi connectivity index (χ2v) is 6.99. The molecule has 2 aliphatic heterocycles. The van der Waals surface area contributed by atoms with Crippen LogP contribution in [0.3, 0.4) is 0 Å². The summed E-state index contributed by atoms with van der Waals surface area (Å²) < 4.78 is 10.5. The van der Waals surface area contributed by atoms with E-state index < -0.39 is 6.04 Å². The number of benzene rings is 2. The highest BCUT2D eigenvalue weighted by Crippen LogP contribution is 2.30. The summed E-state index contributed by atoms with van der Waals surface area (Å²) in [4.78, 5) is 25.5. The number of hydrazone groups is 1. The average molecular weight is 409 g/mol. The largest absolute Gasteiger partial charge is 0.497 e. The third kappa shape index (κ3) is 3.92. The Kier molecular flexibility index (Phi) is 5.53. The zero-order valence-electron chi connectivity index (χ0n) is 16.7. The summed E-state index contributed by atoms with van der Waals surface area (Å²) in [5.41, 5.74) is 4.85. The van der Waals surface area contributed by atoms with Gasteiger partial charge in [0, 0.05) is 6.07 Å². The van der Waals surface area contributed by atoms with E-state index in [-0.39, 0.29) is 24.4 Å². The van der Waals surface area contributed by atoms with Gasteiger partial charge in [0.1, 0.15) is 30.4 Å². The lowest BCUT2D eigenvalue weighted by molar-refractivity contribution is -0.139. The highest BCUT2D eigenvalue weighted by atomic mass is 16.5. The van der Waals surface area contributed by atoms with Gasteiger partial charge in [-0.2, -0.15) is 5.10 Å². The minimum atomic E-state index is -0.410. The zero-order valence-corrected chi connectivity index (χ0v) is 16.7. The van der Waals surface area contributed by atoms with Gasteiger partial charge in [-0.25, -0.2) is 10.4 Å². The van der Waals surface area contributed by atoms with Gasteiger partial charge in [-0.1, -0.05) is 30.3 Å². The number of carbonyl (C=O) groups excluding carboxylic acids is 2. The fourth-order valence-corrected chi connectivity index (χ4v) is 3.59. The second-order valence-electron chi connectivity index (χ2n) is 6.99. The summed E-state index contributed by atoms with van der Waals surface area (Å²) in [5, 5.41) is 9.80. The van der Waals surface area contributed by atoms with Crippen LogP contribution in [-0.2, 0) is 9.59 Å². The van der Waals surface area contributed by atoms with E-state index in [9.17, 15) is 9.59 Å². The summed E-state index contributed by atoms with van der Waals surface area (Å²) in [5.74, 6) is 0.467. The number of fused-ring (bicyclic) bond motifs is 1. The molecule has 1 fully saturated rings. The molecule has 0 saturated carbocycles. The van der Waals surface area contributed by atoms with E-state index in [2.05, 4.69) is 15.8 Å². The Balaban J connectivity index is 1.41. The van der Waals surface area contributed by atoms with Crippen LogP contribution in [-0.4, -0.2) is 55.0 Å². The SMILES string of the molecule is COc1ccc(OC)c(NC(=O)CN2N=CN3NC(c4ccccc4)CC3C2=O)c1. The van der Waals surface area contributed by atoms with Crippen LogP contribution in [0.2, 0.25) is 0 Å². The monoisotopic (exact) mass is 409 g/mol. The van der Waals surface area contributed by atoms with Crippen molar-refractivity contribution in [3.8, 4) is 11.5 Å². The van der Waals surface area contributed by atoms with Gasteiger partial charge >= 0.3 is 0 Å². The maximum atomic E-state index is 12.9. The minimum Gasteiger partial charge on any atom is -0.497 e. The lowest BCUT2D eigenvalue weighted by Crippen LogP contribution is -2.52. The molecule has 4 rings (SSSR count). The van der Waals surface area contributed by atoms with Crippen LogP contribution in [0.5, 0.6) is 11.5 Å². The Morgan fingerprint density at radius 3 is 2.73 bits per heavy atom. The van der Waals surface area contributed by atoms with Crippen molar-refractivity contribution >= 4 is 23.8 Å². The maximum absolute atomic E-state index is 12.9. The molecule has 2 amide bonds. The first-order valence-corrected chi connectivity index (χ1v) is 9.56. The van der Waals surface area contributed by atoms with Crippen molar-refractivity contribution < 1.29 is 19.1 Å². The predicted molar refractivity (Wildman–Crippen MR) is 111 cm³/mol. The minimum absolute atomic E-state index is 0.0152. The molecule has 0 spiro atoms. The fourth-order valence-electron chi connectivity index (χ4n) is 3.59. The van der Waals surface area contributed by atoms with Gasteiger partial charge in [0.2, 0.25) is 5.91 Å². The van der Waals surface area contributed by atoms with E-state index >= 15 is 0 Å². The summed E-state index contributed by atoms with van der Waals surface area (Å²) in [6, 6.07) is 14.6. The first kappa shape index (κ1) is 19.7. The van der Waals surface area contributed by atoms with E-state index in [0.29, 0.717) is 23.6 Å². The van der Waals surface area contributed by atoms with Gasteiger partial charge in [0.25, 0.3) is 5.91 Å². The number of anilines is 1. The molecule has 0 bridgehead atoms. The van der Waals surface area contributed by atoms with Crippen LogP contribution in [0.15, 0.2) is 53.6 Å². The molecule has 1 saturated heterocycles. The van der Waals surface area contributed by atoms with Crippen LogP contribution in [0.1, 0.15) is 18.0 Å². The molecule has 2 atom stereocenters. The molecule has 2 unspecified atom stereocenters. The third-order valence-corrected chi connectivity index (χ3v) is 5.13. The molecule has 30 heavy (non-hydrogen) atoms. The molecule has 9 nitrogen and oxygen atoms in total. The van der Waals surface area contributed by atoms with E-state index in [0.717, 1.165) is 5.56 Å². The number of methoxy groups -OCH3 is 2. The predicted octanol–water partition coefficient (Wildman–Crippen LogP) is 1.75. The van der Waals surface area contributed by atoms with Crippen LogP contribution >= 0.6 is 0 Å². The van der Waals surface area contributed by atoms with Gasteiger partial charge in [0.05, 0.1) is 25.9 Å². The van der Waals surface area contributed by atoms with Crippen molar-refractivity contribution in [1.82, 2.24) is 15.4 Å². The molecule has 2 N–H and O–H groups in total. The van der Waals surface area contributed by atoms with Crippen molar-refractivity contribution in [2.24, 2.45) is 5.10 Å². The van der Waals surface area contributed by atoms with E-state index in [1.807, 2.05) is 30.3 Å². The van der Waals surface area contributed by atoms with E-state index in [1.54, 1.807) is 36.7 Å². The van der Waals surface area contributed by atoms with Crippen LogP contribution in [0.25, 0.3) is 0 Å². The highest BCUT2D eigenvalue weighted by molar-refractivity contribution is 5.97. The Bertz CT molecular complexity index is 965. The van der Waals surface area contributed by atoms with Gasteiger partial charge in [-0.3, -0.25) is 14.6 Å². The van der Waals surface area contributed by atoms with Crippen molar-refractivity contribution in [3.63, 3.8) is 0 Å². The zero-order chi connectivity index (χ0) is 21.1. The standard InChI is InChI=1S/C21H23N5O4/c1-29-15-8-9-19(30-2)17(10-15)23-20(27)12-25-21(28)18-11-16(24-26(18)13-22-25)14-6-4-3-5-7-14/h3-10,13,16,18,24H,11-12H2,1-2H3,(H,23,27). The van der Waals surface area contributed by atoms with Crippen LogP contribution in [0.4, 0.5) is 5.69 Å². The van der Waals surface area contributed by atoms with Gasteiger partial charge < -0.3 is 14.8 Å². The first-order chi connectivity index (χ1) is 14.6. The number of nitrogens with zero attached hydrogens (tertiary/aromatic N) is 3. The van der Waals surface area contributed by atoms with E-state index in [1.165, 1.54) is 12.1 Å². The lowest BCUT2D eigenvalue weighted by Gasteiger charge is -2.29. The third-order valence-electron chi connectivity index (χ3n) is 5.13. The molecule has 2 aromatic carbocycles. The smallest absolute Gasteiger partial charge is 0.267 e. The number of hydrazine groups is 1. The Morgan fingerprint density at radius 2 is 2.00 bits per heavy atom. The number of nitrogens with one attached hydrogen (secondary N) is 2. The molecule has 0 radical (unpaired) electrons. The van der Waals surface area contributed by atoms with E-state index in [4.69, 9.17) is 9.47 Å². The van der Waals surface area contributed by atoms with Gasteiger partial charge in [-0.05, 0) is 24.1 Å². The number of amides is 2. The van der Waals surface area contributed by atoms with Crippen LogP contribution < -0.4 is 20.2 Å². The number of hydrogen-bond donors (Lipinski definition) is 2. The molecule has 2 aliphatic rings. The molecule has 0 aliphatic carbocycles. The molecule has 2 aromatic rings. The second kappa shape index (κ2) is 8.42. The molecule has 9 heteroatoms. The highest BCUT2D eigenvalue weighted by Gasteiger charge is 2.41. The van der Waals surface area contributed by atoms with Gasteiger partial charge in [0.15, 0.2) is 0 Å². The Hall–Kier alpha value is -3.59. The lowest BCUT2D eigenvalue weighted by atomic mass is 10.0. The van der Waals surface area contributed by atoms with Crippen molar-refractivity contribution in [3.05, 3.63) is 54.1 Å². The van der Waals surface area contributed by atoms with Crippen molar-refractivity contribution in [2.75, 3.05) is 26.1 Å². The average Bonchev–Trinajstić information content (AvgIpc) is 3.21. The molecule has 2 heterocycles. The summed E-state index contributed by atoms with van der Waals surface area (Å²) >= 11 is 0. The molecule has 0 aromatic heterocycles. The van der Waals surface area contributed by atoms with Gasteiger partial charge in [-0.15, -0.1) is 0 Å². The van der Waals surface area contributed by atoms with Crippen molar-refractivity contribution in [2.45, 2.75) is 18.5 Å². The maximum Gasteiger partial charge on any atom is 0.267 e. The number of rotatable bonds is 6. The topological polar surface area (TPSA) is 95.5 Å². The summed E-state index contributed by atoms with van der Waals surface area (Å²) in [7, 11) is 3.05. The normalized spacial score (nSPS) is 20.1. The Labute approximate surface area is 174 Å². The number of carbonyl (C=O) groups is 2. The molecular formula is C21H23N5O4.